The topological polar surface area (TPSA) is 69.6 Å². The van der Waals surface area contributed by atoms with Crippen molar-refractivity contribution in [2.24, 2.45) is 5.92 Å². The van der Waals surface area contributed by atoms with Crippen molar-refractivity contribution >= 4 is 11.8 Å². The highest BCUT2D eigenvalue weighted by molar-refractivity contribution is 5.88. The van der Waals surface area contributed by atoms with Crippen molar-refractivity contribution in [3.8, 4) is 0 Å². The summed E-state index contributed by atoms with van der Waals surface area (Å²) < 4.78 is 0. The smallest absolute Gasteiger partial charge is 0.242 e. The molecular weight excluding hydrogens is 232 g/mol. The second kappa shape index (κ2) is 6.73. The van der Waals surface area contributed by atoms with Crippen molar-refractivity contribution in [1.82, 2.24) is 10.2 Å². The fourth-order valence-electron chi connectivity index (χ4n) is 2.16. The predicted octanol–water partition coefficient (Wildman–Crippen LogP) is 0.520. The lowest BCUT2D eigenvalue weighted by atomic mass is 9.99. The van der Waals surface area contributed by atoms with Crippen LogP contribution in [0.3, 0.4) is 0 Å². The van der Waals surface area contributed by atoms with Crippen LogP contribution in [0.2, 0.25) is 0 Å². The van der Waals surface area contributed by atoms with Crippen LogP contribution in [0.1, 0.15) is 40.0 Å². The highest BCUT2D eigenvalue weighted by Gasteiger charge is 2.33. The number of nitrogens with zero attached hydrogens (tertiary/aromatic N) is 1. The van der Waals surface area contributed by atoms with Crippen LogP contribution in [0, 0.1) is 5.92 Å². The van der Waals surface area contributed by atoms with Crippen LogP contribution in [-0.4, -0.2) is 47.1 Å². The molecule has 104 valence electrons. The van der Waals surface area contributed by atoms with Crippen molar-refractivity contribution in [2.45, 2.75) is 52.2 Å². The van der Waals surface area contributed by atoms with Gasteiger partial charge in [-0.15, -0.1) is 0 Å². The second-order valence-electron chi connectivity index (χ2n) is 5.29. The highest BCUT2D eigenvalue weighted by atomic mass is 16.3. The predicted molar refractivity (Wildman–Crippen MR) is 68.9 cm³/mol. The molecule has 0 aromatic rings. The van der Waals surface area contributed by atoms with E-state index in [1.807, 2.05) is 20.8 Å². The quantitative estimate of drug-likeness (QED) is 0.753. The van der Waals surface area contributed by atoms with Crippen molar-refractivity contribution < 1.29 is 14.7 Å². The molecule has 1 aliphatic rings. The number of carbonyl (C=O) groups is 2. The summed E-state index contributed by atoms with van der Waals surface area (Å²) >= 11 is 0. The Morgan fingerprint density at radius 2 is 2.22 bits per heavy atom. The minimum absolute atomic E-state index is 0.0747. The van der Waals surface area contributed by atoms with E-state index in [2.05, 4.69) is 5.32 Å². The van der Waals surface area contributed by atoms with Crippen LogP contribution in [-0.2, 0) is 9.59 Å². The van der Waals surface area contributed by atoms with Gasteiger partial charge < -0.3 is 15.3 Å². The number of hydrogen-bond acceptors (Lipinski definition) is 3. The van der Waals surface area contributed by atoms with Gasteiger partial charge in [-0.1, -0.05) is 20.8 Å². The molecule has 2 amide bonds. The van der Waals surface area contributed by atoms with Gasteiger partial charge in [-0.05, 0) is 18.8 Å². The van der Waals surface area contributed by atoms with Crippen LogP contribution < -0.4 is 5.32 Å². The first kappa shape index (κ1) is 15.0. The number of piperazine rings is 1. The van der Waals surface area contributed by atoms with Gasteiger partial charge >= 0.3 is 0 Å². The van der Waals surface area contributed by atoms with Gasteiger partial charge in [0.25, 0.3) is 0 Å². The van der Waals surface area contributed by atoms with E-state index in [9.17, 15) is 14.7 Å². The summed E-state index contributed by atoms with van der Waals surface area (Å²) in [4.78, 5) is 25.5. The molecule has 1 fully saturated rings. The summed E-state index contributed by atoms with van der Waals surface area (Å²) in [5, 5.41) is 12.3. The van der Waals surface area contributed by atoms with E-state index in [1.165, 1.54) is 0 Å². The van der Waals surface area contributed by atoms with E-state index in [0.717, 1.165) is 0 Å². The molecule has 0 aromatic carbocycles. The zero-order valence-electron chi connectivity index (χ0n) is 11.5. The third-order valence-electron chi connectivity index (χ3n) is 3.23. The molecule has 1 saturated heterocycles. The molecule has 1 heterocycles. The maximum Gasteiger partial charge on any atom is 0.242 e. The number of aliphatic hydroxyl groups excluding tert-OH is 1. The molecule has 1 rings (SSSR count). The molecule has 0 unspecified atom stereocenters. The van der Waals surface area contributed by atoms with E-state index < -0.39 is 6.10 Å². The first-order valence-corrected chi connectivity index (χ1v) is 6.71. The minimum atomic E-state index is -0.609. The van der Waals surface area contributed by atoms with Crippen LogP contribution in [0.15, 0.2) is 0 Å². The number of hydrogen-bond donors (Lipinski definition) is 2. The van der Waals surface area contributed by atoms with Crippen LogP contribution in [0.5, 0.6) is 0 Å². The summed E-state index contributed by atoms with van der Waals surface area (Å²) in [6.07, 6.45) is 0.723. The largest absolute Gasteiger partial charge is 0.393 e. The van der Waals surface area contributed by atoms with Gasteiger partial charge in [-0.3, -0.25) is 9.59 Å². The summed E-state index contributed by atoms with van der Waals surface area (Å²) in [6, 6.07) is -0.379. The monoisotopic (exact) mass is 256 g/mol. The Kier molecular flexibility index (Phi) is 5.59. The first-order chi connectivity index (χ1) is 8.45. The van der Waals surface area contributed by atoms with Gasteiger partial charge in [0.2, 0.25) is 11.8 Å². The lowest BCUT2D eigenvalue weighted by molar-refractivity contribution is -0.145. The number of aliphatic hydroxyl groups is 1. The van der Waals surface area contributed by atoms with Gasteiger partial charge in [0.1, 0.15) is 6.04 Å². The van der Waals surface area contributed by atoms with Crippen molar-refractivity contribution in [2.75, 3.05) is 13.1 Å². The van der Waals surface area contributed by atoms with Gasteiger partial charge in [-0.2, -0.15) is 0 Å². The van der Waals surface area contributed by atoms with Crippen LogP contribution in [0.4, 0.5) is 0 Å². The number of nitrogens with one attached hydrogen (secondary N) is 1. The Morgan fingerprint density at radius 1 is 1.56 bits per heavy atom. The molecule has 2 atom stereocenters. The Bertz CT molecular complexity index is 305. The van der Waals surface area contributed by atoms with Crippen LogP contribution >= 0.6 is 0 Å². The summed E-state index contributed by atoms with van der Waals surface area (Å²) in [5.74, 6) is 0.157. The molecule has 0 saturated carbocycles. The maximum atomic E-state index is 12.1. The van der Waals surface area contributed by atoms with Crippen molar-refractivity contribution in [3.63, 3.8) is 0 Å². The van der Waals surface area contributed by atoms with Crippen LogP contribution in [0.25, 0.3) is 0 Å². The molecule has 0 spiro atoms. The number of carbonyl (C=O) groups excluding carboxylic acids is 2. The maximum absolute atomic E-state index is 12.1. The van der Waals surface area contributed by atoms with Crippen molar-refractivity contribution in [1.29, 1.82) is 0 Å². The Labute approximate surface area is 109 Å². The second-order valence-corrected chi connectivity index (χ2v) is 5.29. The third kappa shape index (κ3) is 3.98. The van der Waals surface area contributed by atoms with Gasteiger partial charge in [-0.25, -0.2) is 0 Å². The molecular formula is C13H24N2O3. The lowest BCUT2D eigenvalue weighted by Crippen LogP contribution is -2.57. The number of amides is 2. The molecule has 18 heavy (non-hydrogen) atoms. The Hall–Kier alpha value is -1.10. The van der Waals surface area contributed by atoms with E-state index in [0.29, 0.717) is 31.8 Å². The molecule has 0 radical (unpaired) electrons. The zero-order valence-corrected chi connectivity index (χ0v) is 11.5. The van der Waals surface area contributed by atoms with E-state index in [4.69, 9.17) is 0 Å². The normalized spacial score (nSPS) is 21.9. The average molecular weight is 256 g/mol. The molecule has 2 N–H and O–H groups in total. The summed E-state index contributed by atoms with van der Waals surface area (Å²) in [7, 11) is 0. The lowest BCUT2D eigenvalue weighted by Gasteiger charge is -2.36. The number of rotatable bonds is 5. The average Bonchev–Trinajstić information content (AvgIpc) is 2.30. The Morgan fingerprint density at radius 3 is 2.78 bits per heavy atom. The van der Waals surface area contributed by atoms with E-state index >= 15 is 0 Å². The summed E-state index contributed by atoms with van der Waals surface area (Å²) in [6.45, 7) is 6.95. The zero-order chi connectivity index (χ0) is 13.7. The molecule has 0 bridgehead atoms. The van der Waals surface area contributed by atoms with Gasteiger partial charge in [0.15, 0.2) is 0 Å². The standard InChI is InChI=1S/C13H24N2O3/c1-4-10(16)8-12(17)15-6-5-14-13(18)11(15)7-9(2)3/h9-11,16H,4-8H2,1-3H3,(H,14,18)/t10-,11-/m0/s1. The summed E-state index contributed by atoms with van der Waals surface area (Å²) in [5.41, 5.74) is 0. The molecule has 5 nitrogen and oxygen atoms in total. The Balaban J connectivity index is 2.69. The highest BCUT2D eigenvalue weighted by Crippen LogP contribution is 2.16. The molecule has 5 heteroatoms. The van der Waals surface area contributed by atoms with Gasteiger partial charge in [0.05, 0.1) is 12.5 Å². The fraction of sp³-hybridized carbons (Fsp3) is 0.846. The fourth-order valence-corrected chi connectivity index (χ4v) is 2.16. The molecule has 0 aromatic heterocycles. The van der Waals surface area contributed by atoms with Crippen molar-refractivity contribution in [3.05, 3.63) is 0 Å². The van der Waals surface area contributed by atoms with E-state index in [-0.39, 0.29) is 24.3 Å². The minimum Gasteiger partial charge on any atom is -0.393 e. The SMILES string of the molecule is CC[C@H](O)CC(=O)N1CCNC(=O)[C@@H]1CC(C)C. The van der Waals surface area contributed by atoms with E-state index in [1.54, 1.807) is 4.90 Å². The van der Waals surface area contributed by atoms with Gasteiger partial charge in [0, 0.05) is 13.1 Å². The first-order valence-electron chi connectivity index (χ1n) is 6.71. The molecule has 0 aliphatic carbocycles. The molecule has 1 aliphatic heterocycles. The third-order valence-corrected chi connectivity index (χ3v) is 3.23.